The van der Waals surface area contributed by atoms with Gasteiger partial charge in [-0.3, -0.25) is 9.48 Å². The molecule has 1 aliphatic carbocycles. The molecule has 0 spiro atoms. The number of hydrogen-bond acceptors (Lipinski definition) is 3. The van der Waals surface area contributed by atoms with Crippen LogP contribution in [0.4, 0.5) is 4.79 Å². The van der Waals surface area contributed by atoms with Gasteiger partial charge < -0.3 is 15.1 Å². The largest absolute Gasteiger partial charge is 0.339 e. The summed E-state index contributed by atoms with van der Waals surface area (Å²) in [4.78, 5) is 28.9. The maximum atomic E-state index is 12.6. The van der Waals surface area contributed by atoms with Gasteiger partial charge in [0.15, 0.2) is 0 Å². The second-order valence-electron chi connectivity index (χ2n) is 8.55. The minimum Gasteiger partial charge on any atom is -0.339 e. The maximum Gasteiger partial charge on any atom is 0.317 e. The number of rotatable bonds is 5. The molecule has 7 nitrogen and oxygen atoms in total. The number of nitrogens with zero attached hydrogens (tertiary/aromatic N) is 4. The monoisotopic (exact) mass is 389 g/mol. The van der Waals surface area contributed by atoms with Gasteiger partial charge in [0.2, 0.25) is 5.91 Å². The molecule has 156 valence electrons. The summed E-state index contributed by atoms with van der Waals surface area (Å²) in [6, 6.07) is 2.05. The minimum atomic E-state index is -0.0232. The summed E-state index contributed by atoms with van der Waals surface area (Å²) in [6.45, 7) is 10.1. The molecule has 2 fully saturated rings. The molecular formula is C21H35N5O2. The number of carbonyl (C=O) groups is 2. The minimum absolute atomic E-state index is 0.0232. The zero-order valence-corrected chi connectivity index (χ0v) is 17.6. The molecule has 3 amide bonds. The Kier molecular flexibility index (Phi) is 6.97. The van der Waals surface area contributed by atoms with Crippen molar-refractivity contribution in [2.24, 2.45) is 11.8 Å². The fourth-order valence-electron chi connectivity index (χ4n) is 4.33. The van der Waals surface area contributed by atoms with Crippen molar-refractivity contribution in [2.75, 3.05) is 32.7 Å². The van der Waals surface area contributed by atoms with Gasteiger partial charge in [0.1, 0.15) is 0 Å². The third-order valence-electron chi connectivity index (χ3n) is 6.02. The van der Waals surface area contributed by atoms with Crippen LogP contribution in [0.2, 0.25) is 0 Å². The van der Waals surface area contributed by atoms with Gasteiger partial charge in [-0.05, 0) is 38.7 Å². The lowest BCUT2D eigenvalue weighted by atomic mass is 9.88. The van der Waals surface area contributed by atoms with E-state index in [0.717, 1.165) is 30.8 Å². The van der Waals surface area contributed by atoms with E-state index in [1.807, 2.05) is 21.4 Å². The van der Waals surface area contributed by atoms with Gasteiger partial charge in [-0.2, -0.15) is 5.10 Å². The van der Waals surface area contributed by atoms with Gasteiger partial charge in [-0.1, -0.05) is 26.2 Å². The Labute approximate surface area is 168 Å². The molecule has 2 aliphatic rings. The highest BCUT2D eigenvalue weighted by Gasteiger charge is 2.29. The molecule has 1 saturated heterocycles. The van der Waals surface area contributed by atoms with Gasteiger partial charge in [0, 0.05) is 50.9 Å². The second-order valence-corrected chi connectivity index (χ2v) is 8.55. The first kappa shape index (κ1) is 20.7. The lowest BCUT2D eigenvalue weighted by Crippen LogP contribution is -2.54. The first-order chi connectivity index (χ1) is 13.4. The van der Waals surface area contributed by atoms with Crippen molar-refractivity contribution >= 4 is 11.9 Å². The van der Waals surface area contributed by atoms with Crippen molar-refractivity contribution in [3.63, 3.8) is 0 Å². The number of piperazine rings is 1. The third kappa shape index (κ3) is 5.26. The molecule has 1 saturated carbocycles. The summed E-state index contributed by atoms with van der Waals surface area (Å²) in [5, 5.41) is 7.54. The first-order valence-corrected chi connectivity index (χ1v) is 10.8. The van der Waals surface area contributed by atoms with Crippen LogP contribution in [0, 0.1) is 25.7 Å². The number of hydrogen-bond donors (Lipinski definition) is 1. The molecule has 1 atom stereocenters. The van der Waals surface area contributed by atoms with E-state index in [-0.39, 0.29) is 11.9 Å². The Hall–Kier alpha value is -2.05. The van der Waals surface area contributed by atoms with E-state index in [1.165, 1.54) is 19.3 Å². The summed E-state index contributed by atoms with van der Waals surface area (Å²) < 4.78 is 2.00. The molecule has 28 heavy (non-hydrogen) atoms. The summed E-state index contributed by atoms with van der Waals surface area (Å²) in [5.74, 6) is 0.818. The van der Waals surface area contributed by atoms with Crippen LogP contribution in [0.1, 0.15) is 50.4 Å². The molecule has 1 N–H and O–H groups in total. The molecule has 1 unspecified atom stereocenters. The van der Waals surface area contributed by atoms with Crippen LogP contribution in [0.5, 0.6) is 0 Å². The van der Waals surface area contributed by atoms with Crippen LogP contribution < -0.4 is 5.32 Å². The fourth-order valence-corrected chi connectivity index (χ4v) is 4.33. The molecule has 0 aromatic carbocycles. The SMILES string of the molecule is Cc1cc(C)n(CC(C)CNC(=O)N2CCN(C(=O)C3CCCCC3)CC2)n1. The van der Waals surface area contributed by atoms with Crippen molar-refractivity contribution < 1.29 is 9.59 Å². The molecule has 0 radical (unpaired) electrons. The Bertz CT molecular complexity index is 672. The Morgan fingerprint density at radius 2 is 1.75 bits per heavy atom. The number of urea groups is 1. The van der Waals surface area contributed by atoms with E-state index < -0.39 is 0 Å². The Balaban J connectivity index is 1.38. The summed E-state index contributed by atoms with van der Waals surface area (Å²) in [5.41, 5.74) is 2.17. The van der Waals surface area contributed by atoms with Crippen LogP contribution in [0.15, 0.2) is 6.07 Å². The maximum absolute atomic E-state index is 12.6. The standard InChI is InChI=1S/C21H35N5O2/c1-16(15-26-18(3)13-17(2)23-26)14-22-21(28)25-11-9-24(10-12-25)20(27)19-7-5-4-6-8-19/h13,16,19H,4-12,14-15H2,1-3H3,(H,22,28). The van der Waals surface area contributed by atoms with Crippen molar-refractivity contribution in [1.82, 2.24) is 24.9 Å². The zero-order chi connectivity index (χ0) is 20.1. The molecular weight excluding hydrogens is 354 g/mol. The van der Waals surface area contributed by atoms with Gasteiger partial charge >= 0.3 is 6.03 Å². The number of amides is 3. The molecule has 1 aromatic rings. The average Bonchev–Trinajstić information content (AvgIpc) is 3.03. The molecule has 2 heterocycles. The van der Waals surface area contributed by atoms with Crippen molar-refractivity contribution in [3.05, 3.63) is 17.5 Å². The van der Waals surface area contributed by atoms with Gasteiger partial charge in [0.05, 0.1) is 5.69 Å². The van der Waals surface area contributed by atoms with Crippen LogP contribution >= 0.6 is 0 Å². The van der Waals surface area contributed by atoms with Crippen LogP contribution in [0.25, 0.3) is 0 Å². The second kappa shape index (κ2) is 9.43. The smallest absolute Gasteiger partial charge is 0.317 e. The highest BCUT2D eigenvalue weighted by Crippen LogP contribution is 2.25. The molecule has 1 aliphatic heterocycles. The van der Waals surface area contributed by atoms with E-state index in [4.69, 9.17) is 0 Å². The first-order valence-electron chi connectivity index (χ1n) is 10.8. The summed E-state index contributed by atoms with van der Waals surface area (Å²) >= 11 is 0. The Morgan fingerprint density at radius 3 is 2.36 bits per heavy atom. The van der Waals surface area contributed by atoms with Crippen LogP contribution in [-0.2, 0) is 11.3 Å². The van der Waals surface area contributed by atoms with Crippen molar-refractivity contribution in [1.29, 1.82) is 0 Å². The number of aryl methyl sites for hydroxylation is 2. The van der Waals surface area contributed by atoms with Crippen LogP contribution in [0.3, 0.4) is 0 Å². The van der Waals surface area contributed by atoms with Crippen molar-refractivity contribution in [3.8, 4) is 0 Å². The summed E-state index contributed by atoms with van der Waals surface area (Å²) in [7, 11) is 0. The lowest BCUT2D eigenvalue weighted by molar-refractivity contribution is -0.138. The number of nitrogens with one attached hydrogen (secondary N) is 1. The van der Waals surface area contributed by atoms with Gasteiger partial charge in [-0.15, -0.1) is 0 Å². The highest BCUT2D eigenvalue weighted by molar-refractivity contribution is 5.79. The zero-order valence-electron chi connectivity index (χ0n) is 17.6. The lowest BCUT2D eigenvalue weighted by Gasteiger charge is -2.37. The quantitative estimate of drug-likeness (QED) is 0.841. The van der Waals surface area contributed by atoms with E-state index in [2.05, 4.69) is 30.3 Å². The highest BCUT2D eigenvalue weighted by atomic mass is 16.2. The van der Waals surface area contributed by atoms with Gasteiger partial charge in [-0.25, -0.2) is 4.79 Å². The van der Waals surface area contributed by atoms with E-state index in [1.54, 1.807) is 0 Å². The predicted molar refractivity (Wildman–Crippen MR) is 109 cm³/mol. The van der Waals surface area contributed by atoms with Crippen molar-refractivity contribution in [2.45, 2.75) is 59.4 Å². The van der Waals surface area contributed by atoms with E-state index >= 15 is 0 Å². The molecule has 1 aromatic heterocycles. The Morgan fingerprint density at radius 1 is 1.11 bits per heavy atom. The summed E-state index contributed by atoms with van der Waals surface area (Å²) in [6.07, 6.45) is 5.68. The molecule has 7 heteroatoms. The molecule has 3 rings (SSSR count). The van der Waals surface area contributed by atoms with E-state index in [9.17, 15) is 9.59 Å². The normalized spacial score (nSPS) is 19.5. The average molecular weight is 390 g/mol. The van der Waals surface area contributed by atoms with Gasteiger partial charge in [0.25, 0.3) is 0 Å². The van der Waals surface area contributed by atoms with Crippen LogP contribution in [-0.4, -0.2) is 64.2 Å². The third-order valence-corrected chi connectivity index (χ3v) is 6.02. The number of aromatic nitrogens is 2. The fraction of sp³-hybridized carbons (Fsp3) is 0.762. The number of carbonyl (C=O) groups excluding carboxylic acids is 2. The molecule has 0 bridgehead atoms. The van der Waals surface area contributed by atoms with E-state index in [0.29, 0.717) is 44.5 Å². The predicted octanol–water partition coefficient (Wildman–Crippen LogP) is 2.57. The topological polar surface area (TPSA) is 70.5 Å².